The van der Waals surface area contributed by atoms with E-state index in [9.17, 15) is 4.79 Å². The molecule has 86 valence electrons. The fourth-order valence-electron chi connectivity index (χ4n) is 1.08. The number of amides is 1. The number of hydrogen-bond acceptors (Lipinski definition) is 4. The van der Waals surface area contributed by atoms with Gasteiger partial charge in [-0.2, -0.15) is 10.4 Å². The highest BCUT2D eigenvalue weighted by Gasteiger charge is 2.11. The minimum absolute atomic E-state index is 0.00674. The van der Waals surface area contributed by atoms with Gasteiger partial charge in [-0.3, -0.25) is 9.48 Å². The third-order valence-electron chi connectivity index (χ3n) is 1.86. The molecule has 0 bridgehead atoms. The minimum Gasteiger partial charge on any atom is -0.369 e. The molecule has 1 heterocycles. The summed E-state index contributed by atoms with van der Waals surface area (Å²) in [5, 5.41) is 15.2. The van der Waals surface area contributed by atoms with Crippen LogP contribution in [0.4, 0.5) is 5.82 Å². The van der Waals surface area contributed by atoms with Crippen LogP contribution in [0.3, 0.4) is 0 Å². The summed E-state index contributed by atoms with van der Waals surface area (Å²) in [5.41, 5.74) is 0.334. The van der Waals surface area contributed by atoms with Gasteiger partial charge in [0.05, 0.1) is 12.3 Å². The summed E-state index contributed by atoms with van der Waals surface area (Å²) in [5.74, 6) is 0.0913. The molecule has 1 amide bonds. The summed E-state index contributed by atoms with van der Waals surface area (Å²) in [6, 6.07) is 1.95. The Morgan fingerprint density at radius 3 is 3.00 bits per heavy atom. The molecular weight excluding hydrogens is 208 g/mol. The van der Waals surface area contributed by atoms with E-state index in [1.54, 1.807) is 7.05 Å². The second-order valence-corrected chi connectivity index (χ2v) is 3.55. The zero-order chi connectivity index (χ0) is 12.1. The van der Waals surface area contributed by atoms with Crippen LogP contribution in [0, 0.1) is 11.3 Å². The SMILES string of the molecule is CC(C)OCC(=O)Nc1c(C#N)cnn1C. The van der Waals surface area contributed by atoms with Gasteiger partial charge in [0.15, 0.2) is 0 Å². The summed E-state index contributed by atoms with van der Waals surface area (Å²) in [7, 11) is 1.65. The lowest BCUT2D eigenvalue weighted by Gasteiger charge is -2.08. The van der Waals surface area contributed by atoms with Crippen molar-refractivity contribution >= 4 is 11.7 Å². The van der Waals surface area contributed by atoms with E-state index >= 15 is 0 Å². The van der Waals surface area contributed by atoms with Crippen LogP contribution in [0.1, 0.15) is 19.4 Å². The molecule has 0 spiro atoms. The van der Waals surface area contributed by atoms with Gasteiger partial charge in [-0.15, -0.1) is 0 Å². The molecule has 6 heteroatoms. The first-order valence-corrected chi connectivity index (χ1v) is 4.88. The van der Waals surface area contributed by atoms with Crippen LogP contribution in [0.5, 0.6) is 0 Å². The Labute approximate surface area is 93.8 Å². The smallest absolute Gasteiger partial charge is 0.251 e. The van der Waals surface area contributed by atoms with Gasteiger partial charge in [0.25, 0.3) is 5.91 Å². The molecule has 0 aliphatic rings. The molecule has 1 rings (SSSR count). The molecular formula is C10H14N4O2. The van der Waals surface area contributed by atoms with Gasteiger partial charge in [0.1, 0.15) is 24.1 Å². The van der Waals surface area contributed by atoms with Crippen molar-refractivity contribution < 1.29 is 9.53 Å². The summed E-state index contributed by atoms with van der Waals surface area (Å²) >= 11 is 0. The van der Waals surface area contributed by atoms with Gasteiger partial charge >= 0.3 is 0 Å². The molecule has 1 N–H and O–H groups in total. The second-order valence-electron chi connectivity index (χ2n) is 3.55. The summed E-state index contributed by atoms with van der Waals surface area (Å²) < 4.78 is 6.58. The first-order chi connectivity index (χ1) is 7.54. The van der Waals surface area contributed by atoms with Crippen LogP contribution in [0.2, 0.25) is 0 Å². The number of aromatic nitrogens is 2. The van der Waals surface area contributed by atoms with Crippen molar-refractivity contribution in [3.63, 3.8) is 0 Å². The third-order valence-corrected chi connectivity index (χ3v) is 1.86. The topological polar surface area (TPSA) is 79.9 Å². The van der Waals surface area contributed by atoms with E-state index in [1.807, 2.05) is 19.9 Å². The predicted molar refractivity (Wildman–Crippen MR) is 57.6 cm³/mol. The van der Waals surface area contributed by atoms with Gasteiger partial charge in [-0.1, -0.05) is 0 Å². The van der Waals surface area contributed by atoms with Crippen LogP contribution in [-0.2, 0) is 16.6 Å². The molecule has 0 radical (unpaired) electrons. The highest BCUT2D eigenvalue weighted by Crippen LogP contribution is 2.11. The summed E-state index contributed by atoms with van der Waals surface area (Å²) in [6.45, 7) is 3.66. The van der Waals surface area contributed by atoms with E-state index in [-0.39, 0.29) is 18.6 Å². The van der Waals surface area contributed by atoms with E-state index in [2.05, 4.69) is 10.4 Å². The molecule has 1 aromatic rings. The minimum atomic E-state index is -0.297. The highest BCUT2D eigenvalue weighted by atomic mass is 16.5. The lowest BCUT2D eigenvalue weighted by molar-refractivity contribution is -0.122. The fraction of sp³-hybridized carbons (Fsp3) is 0.500. The van der Waals surface area contributed by atoms with Gasteiger partial charge in [0, 0.05) is 7.05 Å². The Morgan fingerprint density at radius 1 is 1.75 bits per heavy atom. The number of carbonyl (C=O) groups excluding carboxylic acids is 1. The average Bonchev–Trinajstić information content (AvgIpc) is 2.57. The zero-order valence-corrected chi connectivity index (χ0v) is 9.52. The normalized spacial score (nSPS) is 10.2. The highest BCUT2D eigenvalue weighted by molar-refractivity contribution is 5.92. The van der Waals surface area contributed by atoms with Crippen LogP contribution in [0.25, 0.3) is 0 Å². The molecule has 0 aliphatic heterocycles. The van der Waals surface area contributed by atoms with Gasteiger partial charge < -0.3 is 10.1 Å². The molecule has 16 heavy (non-hydrogen) atoms. The first kappa shape index (κ1) is 12.2. The summed E-state index contributed by atoms with van der Waals surface area (Å²) in [6.07, 6.45) is 1.39. The maximum absolute atomic E-state index is 11.4. The second kappa shape index (κ2) is 5.28. The Kier molecular flexibility index (Phi) is 4.03. The van der Waals surface area contributed by atoms with Crippen molar-refractivity contribution in [1.29, 1.82) is 5.26 Å². The van der Waals surface area contributed by atoms with Crippen molar-refractivity contribution in [3.05, 3.63) is 11.8 Å². The Morgan fingerprint density at radius 2 is 2.44 bits per heavy atom. The quantitative estimate of drug-likeness (QED) is 0.811. The maximum Gasteiger partial charge on any atom is 0.251 e. The van der Waals surface area contributed by atoms with Crippen LogP contribution in [0.15, 0.2) is 6.20 Å². The lowest BCUT2D eigenvalue weighted by atomic mass is 10.3. The molecule has 1 aromatic heterocycles. The van der Waals surface area contributed by atoms with Crippen molar-refractivity contribution in [2.75, 3.05) is 11.9 Å². The van der Waals surface area contributed by atoms with Crippen molar-refractivity contribution in [2.24, 2.45) is 7.05 Å². The zero-order valence-electron chi connectivity index (χ0n) is 9.52. The van der Waals surface area contributed by atoms with Gasteiger partial charge in [0.2, 0.25) is 0 Å². The largest absolute Gasteiger partial charge is 0.369 e. The monoisotopic (exact) mass is 222 g/mol. The van der Waals surface area contributed by atoms with Crippen LogP contribution >= 0.6 is 0 Å². The number of carbonyl (C=O) groups is 1. The molecule has 0 saturated carbocycles. The van der Waals surface area contributed by atoms with E-state index in [0.29, 0.717) is 11.4 Å². The Hall–Kier alpha value is -1.87. The first-order valence-electron chi connectivity index (χ1n) is 4.88. The fourth-order valence-corrected chi connectivity index (χ4v) is 1.08. The Bertz CT molecular complexity index is 417. The average molecular weight is 222 g/mol. The number of nitriles is 1. The number of hydrogen-bond donors (Lipinski definition) is 1. The molecule has 0 aromatic carbocycles. The van der Waals surface area contributed by atoms with Gasteiger partial charge in [-0.25, -0.2) is 0 Å². The molecule has 0 unspecified atom stereocenters. The molecule has 0 atom stereocenters. The van der Waals surface area contributed by atoms with Crippen molar-refractivity contribution in [1.82, 2.24) is 9.78 Å². The van der Waals surface area contributed by atoms with Crippen LogP contribution < -0.4 is 5.32 Å². The number of anilines is 1. The van der Waals surface area contributed by atoms with E-state index in [0.717, 1.165) is 0 Å². The van der Waals surface area contributed by atoms with Crippen molar-refractivity contribution in [2.45, 2.75) is 20.0 Å². The third kappa shape index (κ3) is 3.07. The predicted octanol–water partition coefficient (Wildman–Crippen LogP) is 0.655. The molecule has 0 saturated heterocycles. The van der Waals surface area contributed by atoms with Gasteiger partial charge in [-0.05, 0) is 13.8 Å². The molecule has 0 aliphatic carbocycles. The van der Waals surface area contributed by atoms with E-state index in [1.165, 1.54) is 10.9 Å². The van der Waals surface area contributed by atoms with E-state index in [4.69, 9.17) is 10.00 Å². The molecule has 0 fully saturated rings. The number of nitrogens with one attached hydrogen (secondary N) is 1. The maximum atomic E-state index is 11.4. The lowest BCUT2D eigenvalue weighted by Crippen LogP contribution is -2.22. The summed E-state index contributed by atoms with van der Waals surface area (Å²) in [4.78, 5) is 11.4. The number of aryl methyl sites for hydroxylation is 1. The number of ether oxygens (including phenoxy) is 1. The van der Waals surface area contributed by atoms with E-state index < -0.39 is 0 Å². The standard InChI is InChI=1S/C10H14N4O2/c1-7(2)16-6-9(15)13-10-8(4-11)5-12-14(10)3/h5,7H,6H2,1-3H3,(H,13,15). The number of rotatable bonds is 4. The molecule has 6 nitrogen and oxygen atoms in total. The Balaban J connectivity index is 2.63. The number of nitrogens with zero attached hydrogens (tertiary/aromatic N) is 3. The van der Waals surface area contributed by atoms with Crippen LogP contribution in [-0.4, -0.2) is 28.4 Å². The van der Waals surface area contributed by atoms with Crippen molar-refractivity contribution in [3.8, 4) is 6.07 Å².